The van der Waals surface area contributed by atoms with Crippen LogP contribution in [0, 0.1) is 0 Å². The van der Waals surface area contributed by atoms with E-state index in [0.29, 0.717) is 13.2 Å². The molecule has 0 amide bonds. The van der Waals surface area contributed by atoms with Crippen molar-refractivity contribution < 1.29 is 9.47 Å². The summed E-state index contributed by atoms with van der Waals surface area (Å²) in [6.45, 7) is 3.41. The van der Waals surface area contributed by atoms with Gasteiger partial charge in [0.25, 0.3) is 0 Å². The molecule has 2 aliphatic heterocycles. The van der Waals surface area contributed by atoms with Gasteiger partial charge in [0.1, 0.15) is 0 Å². The number of rotatable bonds is 0. The SMILES string of the molecule is B1=CC=CC2=C(C1)OCCO2. The molecular weight excluding hydrogens is 139 g/mol. The van der Waals surface area contributed by atoms with E-state index in [1.165, 1.54) is 0 Å². The molecule has 0 aromatic rings. The van der Waals surface area contributed by atoms with Crippen LogP contribution in [-0.4, -0.2) is 26.1 Å². The monoisotopic (exact) mass is 148 g/mol. The Morgan fingerprint density at radius 2 is 2.18 bits per heavy atom. The van der Waals surface area contributed by atoms with Crippen LogP contribution in [0.15, 0.2) is 23.7 Å². The van der Waals surface area contributed by atoms with Crippen LogP contribution in [0.1, 0.15) is 0 Å². The predicted octanol–water partition coefficient (Wildman–Crippen LogP) is 0.739. The standard InChI is InChI=1S/C8H9BO2/c1-2-7-8(6-9-3-1)11-5-4-10-7/h1-3H,4-6H2. The minimum atomic E-state index is 0.670. The van der Waals surface area contributed by atoms with E-state index in [2.05, 4.69) is 6.92 Å². The number of ether oxygens (including phenoxy) is 2. The van der Waals surface area contributed by atoms with Gasteiger partial charge in [0.05, 0.1) is 0 Å². The first kappa shape index (κ1) is 6.71. The molecule has 56 valence electrons. The average molecular weight is 148 g/mol. The zero-order valence-electron chi connectivity index (χ0n) is 6.25. The van der Waals surface area contributed by atoms with Crippen molar-refractivity contribution in [2.24, 2.45) is 0 Å². The summed E-state index contributed by atoms with van der Waals surface area (Å²) in [7, 11) is 0. The molecule has 0 aromatic carbocycles. The van der Waals surface area contributed by atoms with E-state index in [1.54, 1.807) is 0 Å². The van der Waals surface area contributed by atoms with E-state index < -0.39 is 0 Å². The fourth-order valence-corrected chi connectivity index (χ4v) is 1.17. The number of allylic oxidation sites excluding steroid dienone is 3. The Bertz CT molecular complexity index is 240. The van der Waals surface area contributed by atoms with Crippen LogP contribution in [0.3, 0.4) is 0 Å². The third-order valence-electron chi connectivity index (χ3n) is 1.69. The van der Waals surface area contributed by atoms with Gasteiger partial charge < -0.3 is 0 Å². The van der Waals surface area contributed by atoms with Crippen molar-refractivity contribution in [1.29, 1.82) is 0 Å². The molecule has 0 N–H and O–H groups in total. The van der Waals surface area contributed by atoms with E-state index in [4.69, 9.17) is 9.47 Å². The summed E-state index contributed by atoms with van der Waals surface area (Å²) in [5.74, 6) is 3.85. The van der Waals surface area contributed by atoms with Crippen LogP contribution in [0.2, 0.25) is 6.32 Å². The predicted molar refractivity (Wildman–Crippen MR) is 44.7 cm³/mol. The fraction of sp³-hybridized carbons (Fsp3) is 0.375. The van der Waals surface area contributed by atoms with Gasteiger partial charge in [-0.1, -0.05) is 0 Å². The molecule has 2 aliphatic rings. The molecule has 2 nitrogen and oxygen atoms in total. The molecule has 2 heterocycles. The van der Waals surface area contributed by atoms with Crippen LogP contribution in [0.5, 0.6) is 0 Å². The van der Waals surface area contributed by atoms with Crippen LogP contribution in [-0.2, 0) is 9.47 Å². The quantitative estimate of drug-likeness (QED) is 0.471. The molecule has 0 aliphatic carbocycles. The van der Waals surface area contributed by atoms with E-state index in [9.17, 15) is 0 Å². The van der Waals surface area contributed by atoms with Crippen molar-refractivity contribution in [2.75, 3.05) is 13.2 Å². The zero-order valence-corrected chi connectivity index (χ0v) is 6.25. The average Bonchev–Trinajstić information content (AvgIpc) is 2.28. The third-order valence-corrected chi connectivity index (χ3v) is 1.69. The molecule has 3 heteroatoms. The molecule has 0 bridgehead atoms. The second-order valence-corrected chi connectivity index (χ2v) is 2.48. The Labute approximate surface area is 66.4 Å². The normalized spacial score (nSPS) is 21.1. The first-order chi connectivity index (χ1) is 5.47. The van der Waals surface area contributed by atoms with Gasteiger partial charge in [-0.25, -0.2) is 0 Å². The molecule has 2 rings (SSSR count). The Hall–Kier alpha value is -0.985. The Morgan fingerprint density at radius 1 is 1.27 bits per heavy atom. The molecule has 0 saturated heterocycles. The summed E-state index contributed by atoms with van der Waals surface area (Å²) in [5.41, 5.74) is 0. The molecule has 11 heavy (non-hydrogen) atoms. The first-order valence-electron chi connectivity index (χ1n) is 3.79. The molecule has 0 atom stereocenters. The van der Waals surface area contributed by atoms with Crippen molar-refractivity contribution in [2.45, 2.75) is 6.32 Å². The summed E-state index contributed by atoms with van der Waals surface area (Å²) in [6, 6.07) is 0. The van der Waals surface area contributed by atoms with Gasteiger partial charge in [-0.15, -0.1) is 0 Å². The maximum atomic E-state index is 5.41. The number of hydrogen-bond donors (Lipinski definition) is 0. The van der Waals surface area contributed by atoms with Gasteiger partial charge in [0, 0.05) is 0 Å². The maximum absolute atomic E-state index is 5.41. The van der Waals surface area contributed by atoms with Crippen LogP contribution in [0.25, 0.3) is 0 Å². The molecule has 0 unspecified atom stereocenters. The summed E-state index contributed by atoms with van der Waals surface area (Å²) in [5, 5.41) is 0. The molecule has 0 saturated carbocycles. The van der Waals surface area contributed by atoms with E-state index >= 15 is 0 Å². The molecular formula is C8H9BO2. The molecule has 0 radical (unpaired) electrons. The topological polar surface area (TPSA) is 18.5 Å². The van der Waals surface area contributed by atoms with E-state index in [1.807, 2.05) is 18.1 Å². The van der Waals surface area contributed by atoms with Crippen molar-refractivity contribution >= 4 is 12.9 Å². The van der Waals surface area contributed by atoms with Crippen molar-refractivity contribution in [3.63, 3.8) is 0 Å². The summed E-state index contributed by atoms with van der Waals surface area (Å²) in [6.07, 6.45) is 4.76. The van der Waals surface area contributed by atoms with E-state index in [-0.39, 0.29) is 0 Å². The zero-order chi connectivity index (χ0) is 7.52. The first-order valence-corrected chi connectivity index (χ1v) is 3.79. The van der Waals surface area contributed by atoms with E-state index in [0.717, 1.165) is 17.8 Å². The van der Waals surface area contributed by atoms with Gasteiger partial charge in [0.15, 0.2) is 0 Å². The Balaban J connectivity index is 2.26. The van der Waals surface area contributed by atoms with Crippen LogP contribution in [0.4, 0.5) is 0 Å². The second kappa shape index (κ2) is 2.95. The summed E-state index contributed by atoms with van der Waals surface area (Å²) < 4.78 is 10.8. The molecule has 0 spiro atoms. The number of hydrogen-bond acceptors (Lipinski definition) is 2. The minimum absolute atomic E-state index is 0.670. The molecule has 0 aromatic heterocycles. The Kier molecular flexibility index (Phi) is 1.80. The van der Waals surface area contributed by atoms with Gasteiger partial charge >= 0.3 is 65.6 Å². The third kappa shape index (κ3) is 1.37. The molecule has 0 fully saturated rings. The van der Waals surface area contributed by atoms with Crippen molar-refractivity contribution in [1.82, 2.24) is 0 Å². The van der Waals surface area contributed by atoms with Crippen LogP contribution >= 0.6 is 0 Å². The second-order valence-electron chi connectivity index (χ2n) is 2.48. The van der Waals surface area contributed by atoms with Crippen LogP contribution < -0.4 is 0 Å². The summed E-state index contributed by atoms with van der Waals surface area (Å²) in [4.78, 5) is 0. The summed E-state index contributed by atoms with van der Waals surface area (Å²) >= 11 is 0. The van der Waals surface area contributed by atoms with Gasteiger partial charge in [-0.3, -0.25) is 0 Å². The van der Waals surface area contributed by atoms with Gasteiger partial charge in [-0.05, 0) is 0 Å². The van der Waals surface area contributed by atoms with Crippen molar-refractivity contribution in [3.8, 4) is 0 Å². The fourth-order valence-electron chi connectivity index (χ4n) is 1.17. The van der Waals surface area contributed by atoms with Gasteiger partial charge in [0.2, 0.25) is 0 Å². The Morgan fingerprint density at radius 3 is 3.18 bits per heavy atom. The van der Waals surface area contributed by atoms with Gasteiger partial charge in [-0.2, -0.15) is 0 Å². The van der Waals surface area contributed by atoms with Crippen molar-refractivity contribution in [3.05, 3.63) is 23.7 Å².